The molecule has 1 aromatic heterocycles. The molecule has 0 unspecified atom stereocenters. The Morgan fingerprint density at radius 3 is 2.43 bits per heavy atom. The van der Waals surface area contributed by atoms with Crippen molar-refractivity contribution in [1.82, 2.24) is 0 Å². The zero-order valence-corrected chi connectivity index (χ0v) is 14.5. The van der Waals surface area contributed by atoms with Crippen LogP contribution in [-0.4, -0.2) is 6.10 Å². The molecule has 1 heterocycles. The van der Waals surface area contributed by atoms with Crippen LogP contribution in [0, 0.1) is 0 Å². The number of rotatable bonds is 4. The molecule has 2 aromatic rings. The Balaban J connectivity index is 1.62. The highest BCUT2D eigenvalue weighted by Crippen LogP contribution is 2.35. The minimum Gasteiger partial charge on any atom is -0.472 e. The third-order valence-electron chi connectivity index (χ3n) is 4.96. The van der Waals surface area contributed by atoms with E-state index in [0.29, 0.717) is 18.6 Å². The molecule has 23 heavy (non-hydrogen) atoms. The quantitative estimate of drug-likeness (QED) is 0.709. The van der Waals surface area contributed by atoms with E-state index >= 15 is 0 Å². The summed E-state index contributed by atoms with van der Waals surface area (Å²) in [6, 6.07) is 11.0. The fraction of sp³-hybridized carbons (Fsp3) is 0.524. The fourth-order valence-corrected chi connectivity index (χ4v) is 3.47. The zero-order valence-electron chi connectivity index (χ0n) is 14.5. The summed E-state index contributed by atoms with van der Waals surface area (Å²) in [7, 11) is 0. The summed E-state index contributed by atoms with van der Waals surface area (Å²) in [6.45, 7) is 7.44. The lowest BCUT2D eigenvalue weighted by atomic mass is 9.82. The van der Waals surface area contributed by atoms with Gasteiger partial charge >= 0.3 is 0 Å². The van der Waals surface area contributed by atoms with E-state index in [0.717, 1.165) is 6.42 Å². The highest BCUT2D eigenvalue weighted by atomic mass is 16.5. The van der Waals surface area contributed by atoms with Gasteiger partial charge in [-0.15, -0.1) is 0 Å². The van der Waals surface area contributed by atoms with Crippen LogP contribution in [0.4, 0.5) is 0 Å². The Labute approximate surface area is 139 Å². The van der Waals surface area contributed by atoms with Crippen LogP contribution >= 0.6 is 0 Å². The van der Waals surface area contributed by atoms with E-state index in [2.05, 4.69) is 51.1 Å². The number of benzene rings is 1. The van der Waals surface area contributed by atoms with E-state index in [4.69, 9.17) is 9.15 Å². The van der Waals surface area contributed by atoms with E-state index < -0.39 is 0 Å². The highest BCUT2D eigenvalue weighted by Gasteiger charge is 2.28. The first kappa shape index (κ1) is 16.3. The van der Waals surface area contributed by atoms with Crippen molar-refractivity contribution in [3.05, 3.63) is 59.5 Å². The van der Waals surface area contributed by atoms with Crippen molar-refractivity contribution in [2.75, 3.05) is 0 Å². The molecule has 1 saturated carbocycles. The van der Waals surface area contributed by atoms with Gasteiger partial charge in [0.15, 0.2) is 0 Å². The Bertz CT molecular complexity index is 590. The molecular formula is C21H28O2. The number of furan rings is 1. The lowest BCUT2D eigenvalue weighted by Gasteiger charge is -2.31. The van der Waals surface area contributed by atoms with Crippen molar-refractivity contribution in [2.24, 2.45) is 0 Å². The molecule has 0 amide bonds. The summed E-state index contributed by atoms with van der Waals surface area (Å²) < 4.78 is 11.6. The first-order valence-electron chi connectivity index (χ1n) is 8.77. The normalized spacial score (nSPS) is 22.2. The molecule has 124 valence electrons. The van der Waals surface area contributed by atoms with E-state index in [-0.39, 0.29) is 5.41 Å². The molecule has 1 aliphatic carbocycles. The second-order valence-corrected chi connectivity index (χ2v) is 7.74. The van der Waals surface area contributed by atoms with Gasteiger partial charge in [0.1, 0.15) is 0 Å². The van der Waals surface area contributed by atoms with E-state index in [1.807, 2.05) is 6.26 Å². The second kappa shape index (κ2) is 6.92. The van der Waals surface area contributed by atoms with Gasteiger partial charge in [-0.05, 0) is 41.0 Å². The molecule has 0 spiro atoms. The van der Waals surface area contributed by atoms with Crippen LogP contribution in [0.1, 0.15) is 69.1 Å². The summed E-state index contributed by atoms with van der Waals surface area (Å²) in [5.41, 5.74) is 4.12. The molecule has 0 saturated heterocycles. The van der Waals surface area contributed by atoms with Crippen LogP contribution in [0.25, 0.3) is 0 Å². The highest BCUT2D eigenvalue weighted by molar-refractivity contribution is 5.27. The molecule has 0 bridgehead atoms. The van der Waals surface area contributed by atoms with Crippen molar-refractivity contribution in [3.63, 3.8) is 0 Å². The number of hydrogen-bond donors (Lipinski definition) is 0. The maximum absolute atomic E-state index is 6.29. The van der Waals surface area contributed by atoms with Crippen LogP contribution in [-0.2, 0) is 16.8 Å². The zero-order chi connectivity index (χ0) is 16.3. The lowest BCUT2D eigenvalue weighted by Crippen LogP contribution is -2.25. The fourth-order valence-electron chi connectivity index (χ4n) is 3.47. The summed E-state index contributed by atoms with van der Waals surface area (Å²) in [6.07, 6.45) is 8.86. The van der Waals surface area contributed by atoms with Gasteiger partial charge < -0.3 is 9.15 Å². The lowest BCUT2D eigenvalue weighted by molar-refractivity contribution is 0.00185. The minimum absolute atomic E-state index is 0.204. The van der Waals surface area contributed by atoms with Crippen LogP contribution in [0.2, 0.25) is 0 Å². The smallest absolute Gasteiger partial charge is 0.0938 e. The van der Waals surface area contributed by atoms with E-state index in [1.54, 1.807) is 6.26 Å². The molecular weight excluding hydrogens is 284 g/mol. The second-order valence-electron chi connectivity index (χ2n) is 7.74. The van der Waals surface area contributed by atoms with Gasteiger partial charge in [0.25, 0.3) is 0 Å². The maximum Gasteiger partial charge on any atom is 0.0938 e. The van der Waals surface area contributed by atoms with Crippen LogP contribution in [0.3, 0.4) is 0 Å². The molecule has 1 aliphatic rings. The largest absolute Gasteiger partial charge is 0.472 e. The van der Waals surface area contributed by atoms with Gasteiger partial charge in [-0.25, -0.2) is 0 Å². The van der Waals surface area contributed by atoms with E-state index in [1.165, 1.54) is 36.0 Å². The third-order valence-corrected chi connectivity index (χ3v) is 4.96. The molecule has 1 fully saturated rings. The molecule has 0 N–H and O–H groups in total. The Hall–Kier alpha value is -1.54. The molecule has 2 heteroatoms. The summed E-state index contributed by atoms with van der Waals surface area (Å²) >= 11 is 0. The molecule has 2 atom stereocenters. The van der Waals surface area contributed by atoms with Gasteiger partial charge in [0, 0.05) is 5.92 Å². The molecule has 2 nitrogen and oxygen atoms in total. The minimum atomic E-state index is 0.204. The van der Waals surface area contributed by atoms with E-state index in [9.17, 15) is 0 Å². The van der Waals surface area contributed by atoms with Crippen molar-refractivity contribution >= 4 is 0 Å². The topological polar surface area (TPSA) is 22.4 Å². The number of ether oxygens (including phenoxy) is 1. The predicted octanol–water partition coefficient (Wildman–Crippen LogP) is 5.82. The molecule has 0 aliphatic heterocycles. The van der Waals surface area contributed by atoms with Crippen molar-refractivity contribution in [3.8, 4) is 0 Å². The van der Waals surface area contributed by atoms with Gasteiger partial charge in [-0.3, -0.25) is 0 Å². The monoisotopic (exact) mass is 312 g/mol. The van der Waals surface area contributed by atoms with Gasteiger partial charge in [0.2, 0.25) is 0 Å². The van der Waals surface area contributed by atoms with Gasteiger partial charge in [0.05, 0.1) is 25.2 Å². The molecule has 0 radical (unpaired) electrons. The summed E-state index contributed by atoms with van der Waals surface area (Å²) in [5, 5.41) is 0. The average Bonchev–Trinajstić information content (AvgIpc) is 3.07. The standard InChI is InChI=1S/C21H28O2/c1-21(2,3)18-10-8-16(9-11-18)14-23-20-7-5-4-6-19(20)17-12-13-22-15-17/h8-13,15,19-20H,4-7,14H2,1-3H3/t19-,20+/m1/s1. The van der Waals surface area contributed by atoms with Crippen molar-refractivity contribution in [2.45, 2.75) is 70.5 Å². The van der Waals surface area contributed by atoms with Gasteiger partial charge in [-0.1, -0.05) is 57.9 Å². The molecule has 3 rings (SSSR count). The van der Waals surface area contributed by atoms with Crippen LogP contribution in [0.5, 0.6) is 0 Å². The summed E-state index contributed by atoms with van der Waals surface area (Å²) in [5.74, 6) is 0.483. The van der Waals surface area contributed by atoms with Crippen LogP contribution < -0.4 is 0 Å². The van der Waals surface area contributed by atoms with Crippen LogP contribution in [0.15, 0.2) is 47.3 Å². The maximum atomic E-state index is 6.29. The third kappa shape index (κ3) is 4.06. The Morgan fingerprint density at radius 1 is 1.04 bits per heavy atom. The number of hydrogen-bond acceptors (Lipinski definition) is 2. The first-order valence-corrected chi connectivity index (χ1v) is 8.77. The Morgan fingerprint density at radius 2 is 1.78 bits per heavy atom. The van der Waals surface area contributed by atoms with Gasteiger partial charge in [-0.2, -0.15) is 0 Å². The SMILES string of the molecule is CC(C)(C)c1ccc(CO[C@H]2CCCC[C@@H]2c2ccoc2)cc1. The predicted molar refractivity (Wildman–Crippen MR) is 93.6 cm³/mol. The Kier molecular flexibility index (Phi) is 4.91. The van der Waals surface area contributed by atoms with Crippen molar-refractivity contribution < 1.29 is 9.15 Å². The summed E-state index contributed by atoms with van der Waals surface area (Å²) in [4.78, 5) is 0. The van der Waals surface area contributed by atoms with Crippen molar-refractivity contribution in [1.29, 1.82) is 0 Å². The molecule has 1 aromatic carbocycles. The first-order chi connectivity index (χ1) is 11.0. The average molecular weight is 312 g/mol.